The van der Waals surface area contributed by atoms with E-state index in [1.54, 1.807) is 6.20 Å². The molecule has 19 heavy (non-hydrogen) atoms. The number of aryl methyl sites for hydroxylation is 1. The summed E-state index contributed by atoms with van der Waals surface area (Å²) >= 11 is 1.81. The van der Waals surface area contributed by atoms with Gasteiger partial charge in [0.25, 0.3) is 0 Å². The van der Waals surface area contributed by atoms with E-state index in [-0.39, 0.29) is 5.41 Å². The topological polar surface area (TPSA) is 53.6 Å². The second kappa shape index (κ2) is 5.43. The molecule has 0 saturated carbocycles. The van der Waals surface area contributed by atoms with Gasteiger partial charge in [-0.25, -0.2) is 9.97 Å². The highest BCUT2D eigenvalue weighted by molar-refractivity contribution is 7.12. The smallest absolute Gasteiger partial charge is 0.120 e. The molecule has 2 aromatic heterocycles. The van der Waals surface area contributed by atoms with E-state index in [1.807, 2.05) is 17.5 Å². The lowest BCUT2D eigenvalue weighted by atomic mass is 9.98. The van der Waals surface area contributed by atoms with E-state index in [1.165, 1.54) is 9.88 Å². The average Bonchev–Trinajstić information content (AvgIpc) is 2.93. The first-order chi connectivity index (χ1) is 8.88. The first-order valence-electron chi connectivity index (χ1n) is 6.57. The fraction of sp³-hybridized carbons (Fsp3) is 0.571. The molecule has 0 aliphatic carbocycles. The molecule has 1 unspecified atom stereocenters. The van der Waals surface area contributed by atoms with E-state index in [2.05, 4.69) is 49.9 Å². The lowest BCUT2D eigenvalue weighted by Crippen LogP contribution is -2.18. The molecule has 0 bridgehead atoms. The summed E-state index contributed by atoms with van der Waals surface area (Å²) in [7, 11) is 0. The quantitative estimate of drug-likeness (QED) is 0.902. The number of nitrogens with one attached hydrogen (secondary N) is 2. The molecule has 1 atom stereocenters. The van der Waals surface area contributed by atoms with Crippen LogP contribution in [0.25, 0.3) is 0 Å². The Bertz CT molecular complexity index is 522. The number of hydrogen-bond acceptors (Lipinski definition) is 4. The zero-order valence-electron chi connectivity index (χ0n) is 12.2. The van der Waals surface area contributed by atoms with Crippen molar-refractivity contribution in [2.75, 3.05) is 0 Å². The van der Waals surface area contributed by atoms with Gasteiger partial charge < -0.3 is 10.3 Å². The van der Waals surface area contributed by atoms with Crippen LogP contribution in [0.2, 0.25) is 0 Å². The third-order valence-corrected chi connectivity index (χ3v) is 4.76. The van der Waals surface area contributed by atoms with Gasteiger partial charge in [-0.2, -0.15) is 0 Å². The number of hydrogen-bond donors (Lipinski definition) is 2. The number of thiazole rings is 1. The first kappa shape index (κ1) is 14.2. The van der Waals surface area contributed by atoms with Crippen molar-refractivity contribution < 1.29 is 0 Å². The second-order valence-corrected chi connectivity index (χ2v) is 6.89. The lowest BCUT2D eigenvalue weighted by Gasteiger charge is -2.14. The number of nitrogens with zero attached hydrogens (tertiary/aromatic N) is 2. The van der Waals surface area contributed by atoms with Crippen LogP contribution < -0.4 is 5.32 Å². The number of imidazole rings is 1. The van der Waals surface area contributed by atoms with Crippen LogP contribution in [0, 0.1) is 6.92 Å². The van der Waals surface area contributed by atoms with E-state index < -0.39 is 0 Å². The van der Waals surface area contributed by atoms with Crippen LogP contribution in [-0.4, -0.2) is 15.0 Å². The van der Waals surface area contributed by atoms with Crippen molar-refractivity contribution >= 4 is 11.3 Å². The van der Waals surface area contributed by atoms with Crippen molar-refractivity contribution in [3.8, 4) is 0 Å². The highest BCUT2D eigenvalue weighted by atomic mass is 32.1. The number of aromatic nitrogens is 3. The van der Waals surface area contributed by atoms with Crippen LogP contribution in [0.1, 0.15) is 55.1 Å². The minimum atomic E-state index is 0.119. The van der Waals surface area contributed by atoms with Crippen LogP contribution in [-0.2, 0) is 12.0 Å². The van der Waals surface area contributed by atoms with Gasteiger partial charge in [0, 0.05) is 28.7 Å². The minimum Gasteiger partial charge on any atom is -0.348 e. The van der Waals surface area contributed by atoms with Gasteiger partial charge in [-0.05, 0) is 13.8 Å². The first-order valence-corrected chi connectivity index (χ1v) is 7.39. The molecule has 2 N–H and O–H groups in total. The van der Waals surface area contributed by atoms with Crippen LogP contribution in [0.4, 0.5) is 0 Å². The van der Waals surface area contributed by atoms with Crippen molar-refractivity contribution in [3.63, 3.8) is 0 Å². The zero-order chi connectivity index (χ0) is 14.0. The van der Waals surface area contributed by atoms with Crippen molar-refractivity contribution in [1.82, 2.24) is 20.3 Å². The summed E-state index contributed by atoms with van der Waals surface area (Å²) in [6.45, 7) is 11.6. The van der Waals surface area contributed by atoms with Gasteiger partial charge in [0.2, 0.25) is 0 Å². The summed E-state index contributed by atoms with van der Waals surface area (Å²) in [6, 6.07) is 0.290. The van der Waals surface area contributed by atoms with Gasteiger partial charge in [0.05, 0.1) is 17.2 Å². The predicted molar refractivity (Wildman–Crippen MR) is 79.4 cm³/mol. The van der Waals surface area contributed by atoms with Crippen LogP contribution in [0.3, 0.4) is 0 Å². The average molecular weight is 278 g/mol. The summed E-state index contributed by atoms with van der Waals surface area (Å²) in [5, 5.41) is 4.68. The Morgan fingerprint density at radius 3 is 2.68 bits per heavy atom. The maximum absolute atomic E-state index is 4.70. The molecule has 0 saturated heterocycles. The molecule has 2 heterocycles. The summed E-state index contributed by atoms with van der Waals surface area (Å²) in [6.07, 6.45) is 3.62. The van der Waals surface area contributed by atoms with E-state index in [0.717, 1.165) is 18.1 Å². The fourth-order valence-corrected chi connectivity index (χ4v) is 3.02. The molecule has 0 fully saturated rings. The Balaban J connectivity index is 2.06. The van der Waals surface area contributed by atoms with Crippen molar-refractivity contribution in [1.29, 1.82) is 0 Å². The number of aromatic amines is 1. The van der Waals surface area contributed by atoms with E-state index >= 15 is 0 Å². The molecule has 0 aliphatic rings. The third kappa shape index (κ3) is 3.42. The van der Waals surface area contributed by atoms with Gasteiger partial charge in [0.1, 0.15) is 5.82 Å². The molecule has 2 aromatic rings. The molecule has 0 aliphatic heterocycles. The molecule has 0 spiro atoms. The van der Waals surface area contributed by atoms with Crippen LogP contribution >= 0.6 is 11.3 Å². The molecule has 104 valence electrons. The summed E-state index contributed by atoms with van der Waals surface area (Å²) in [5.41, 5.74) is 1.25. The SMILES string of the molecule is Cc1nc(C(C)(C)C)sc1C(C)NCc1ncc[nH]1. The lowest BCUT2D eigenvalue weighted by molar-refractivity contribution is 0.565. The summed E-state index contributed by atoms with van der Waals surface area (Å²) in [4.78, 5) is 13.3. The van der Waals surface area contributed by atoms with Gasteiger partial charge >= 0.3 is 0 Å². The van der Waals surface area contributed by atoms with Crippen molar-refractivity contribution in [2.24, 2.45) is 0 Å². The predicted octanol–water partition coefficient (Wildman–Crippen LogP) is 3.32. The highest BCUT2D eigenvalue weighted by Crippen LogP contribution is 2.32. The number of rotatable bonds is 4. The Kier molecular flexibility index (Phi) is 4.06. The van der Waals surface area contributed by atoms with Crippen LogP contribution in [0.5, 0.6) is 0 Å². The molecular formula is C14H22N4S. The highest BCUT2D eigenvalue weighted by Gasteiger charge is 2.22. The summed E-state index contributed by atoms with van der Waals surface area (Å²) < 4.78 is 0. The van der Waals surface area contributed by atoms with Crippen molar-refractivity contribution in [3.05, 3.63) is 33.8 Å². The zero-order valence-corrected chi connectivity index (χ0v) is 13.1. The van der Waals surface area contributed by atoms with Crippen molar-refractivity contribution in [2.45, 2.75) is 52.6 Å². The van der Waals surface area contributed by atoms with Gasteiger partial charge in [-0.15, -0.1) is 11.3 Å². The minimum absolute atomic E-state index is 0.119. The molecule has 0 amide bonds. The standard InChI is InChI=1S/C14H22N4S/c1-9(17-8-11-15-6-7-16-11)12-10(2)18-13(19-12)14(3,4)5/h6-7,9,17H,8H2,1-5H3,(H,15,16). The molecule has 2 rings (SSSR count). The largest absolute Gasteiger partial charge is 0.348 e. The van der Waals surface area contributed by atoms with E-state index in [9.17, 15) is 0 Å². The summed E-state index contributed by atoms with van der Waals surface area (Å²) in [5.74, 6) is 0.963. The molecule has 4 nitrogen and oxygen atoms in total. The van der Waals surface area contributed by atoms with E-state index in [0.29, 0.717) is 6.04 Å². The van der Waals surface area contributed by atoms with Gasteiger partial charge in [-0.1, -0.05) is 20.8 Å². The normalized spacial score (nSPS) is 13.7. The second-order valence-electron chi connectivity index (χ2n) is 5.86. The molecule has 0 aromatic carbocycles. The molecular weight excluding hydrogens is 256 g/mol. The Hall–Kier alpha value is -1.20. The van der Waals surface area contributed by atoms with Crippen LogP contribution in [0.15, 0.2) is 12.4 Å². The maximum Gasteiger partial charge on any atom is 0.120 e. The van der Waals surface area contributed by atoms with Gasteiger partial charge in [-0.3, -0.25) is 0 Å². The van der Waals surface area contributed by atoms with E-state index in [4.69, 9.17) is 4.98 Å². The fourth-order valence-electron chi connectivity index (χ4n) is 1.87. The maximum atomic E-state index is 4.70. The monoisotopic (exact) mass is 278 g/mol. The molecule has 5 heteroatoms. The Labute approximate surface area is 118 Å². The number of H-pyrrole nitrogens is 1. The van der Waals surface area contributed by atoms with Gasteiger partial charge in [0.15, 0.2) is 0 Å². The Morgan fingerprint density at radius 2 is 2.16 bits per heavy atom. The molecule has 0 radical (unpaired) electrons. The third-order valence-electron chi connectivity index (χ3n) is 3.00. The Morgan fingerprint density at radius 1 is 1.42 bits per heavy atom.